The topological polar surface area (TPSA) is 79.7 Å². The summed E-state index contributed by atoms with van der Waals surface area (Å²) in [6.07, 6.45) is 4.65. The zero-order valence-corrected chi connectivity index (χ0v) is 17.0. The molecule has 1 aliphatic carbocycles. The average Bonchev–Trinajstić information content (AvgIpc) is 3.32. The van der Waals surface area contributed by atoms with Crippen molar-refractivity contribution in [3.63, 3.8) is 0 Å². The summed E-state index contributed by atoms with van der Waals surface area (Å²) in [5, 5.41) is 12.7. The Hall–Kier alpha value is -2.48. The van der Waals surface area contributed by atoms with Crippen LogP contribution in [0.15, 0.2) is 6.07 Å². The summed E-state index contributed by atoms with van der Waals surface area (Å²) in [7, 11) is 3.72. The van der Waals surface area contributed by atoms with Gasteiger partial charge in [0.05, 0.1) is 23.6 Å². The SMILES string of the molecule is Cc1nn(C)c(C)c1-c1cc(C(=O)N(C)Cc2nc3c(s2)CCCC3)[nH]n1. The van der Waals surface area contributed by atoms with Gasteiger partial charge in [-0.2, -0.15) is 10.2 Å². The van der Waals surface area contributed by atoms with Gasteiger partial charge in [-0.25, -0.2) is 4.98 Å². The molecule has 3 aromatic rings. The molecule has 3 heterocycles. The number of carbonyl (C=O) groups is 1. The largest absolute Gasteiger partial charge is 0.334 e. The van der Waals surface area contributed by atoms with Crippen LogP contribution in [0.5, 0.6) is 0 Å². The van der Waals surface area contributed by atoms with E-state index >= 15 is 0 Å². The fraction of sp³-hybridized carbons (Fsp3) is 0.474. The van der Waals surface area contributed by atoms with Gasteiger partial charge >= 0.3 is 0 Å². The number of aromatic amines is 1. The second kappa shape index (κ2) is 6.92. The van der Waals surface area contributed by atoms with Crippen LogP contribution in [0, 0.1) is 13.8 Å². The third-order valence-corrected chi connectivity index (χ3v) is 6.32. The van der Waals surface area contributed by atoms with E-state index in [1.54, 1.807) is 16.2 Å². The molecule has 0 radical (unpaired) electrons. The zero-order valence-electron chi connectivity index (χ0n) is 16.2. The molecule has 0 saturated heterocycles. The standard InChI is InChI=1S/C19H24N6OS/c1-11-18(12(2)25(4)23-11)14-9-15(22-21-14)19(26)24(3)10-17-20-13-7-5-6-8-16(13)27-17/h9H,5-8,10H2,1-4H3,(H,21,22). The summed E-state index contributed by atoms with van der Waals surface area (Å²) in [5.74, 6) is -0.0823. The van der Waals surface area contributed by atoms with E-state index in [2.05, 4.69) is 15.3 Å². The van der Waals surface area contributed by atoms with Gasteiger partial charge in [-0.1, -0.05) is 0 Å². The first kappa shape index (κ1) is 17.9. The summed E-state index contributed by atoms with van der Waals surface area (Å²) < 4.78 is 1.83. The Labute approximate surface area is 162 Å². The second-order valence-electron chi connectivity index (χ2n) is 7.18. The van der Waals surface area contributed by atoms with E-state index in [4.69, 9.17) is 4.98 Å². The van der Waals surface area contributed by atoms with Crippen LogP contribution in [-0.4, -0.2) is 42.8 Å². The minimum atomic E-state index is -0.0823. The van der Waals surface area contributed by atoms with Crippen molar-refractivity contribution in [1.82, 2.24) is 29.9 Å². The molecule has 142 valence electrons. The lowest BCUT2D eigenvalue weighted by Crippen LogP contribution is -2.26. The minimum absolute atomic E-state index is 0.0823. The molecule has 7 nitrogen and oxygen atoms in total. The molecule has 0 spiro atoms. The number of carbonyl (C=O) groups excluding carboxylic acids is 1. The highest BCUT2D eigenvalue weighted by Gasteiger charge is 2.21. The third-order valence-electron chi connectivity index (χ3n) is 5.18. The fourth-order valence-electron chi connectivity index (χ4n) is 3.66. The monoisotopic (exact) mass is 384 g/mol. The van der Waals surface area contributed by atoms with E-state index in [9.17, 15) is 4.79 Å². The van der Waals surface area contributed by atoms with Crippen LogP contribution in [0.1, 0.15) is 50.3 Å². The molecular weight excluding hydrogens is 360 g/mol. The smallest absolute Gasteiger partial charge is 0.272 e. The number of amides is 1. The highest BCUT2D eigenvalue weighted by atomic mass is 32.1. The fourth-order valence-corrected chi connectivity index (χ4v) is 4.87. The van der Waals surface area contributed by atoms with E-state index in [1.807, 2.05) is 38.7 Å². The summed E-state index contributed by atoms with van der Waals surface area (Å²) in [5.41, 5.74) is 5.37. The Morgan fingerprint density at radius 3 is 2.81 bits per heavy atom. The Kier molecular flexibility index (Phi) is 4.59. The van der Waals surface area contributed by atoms with Gasteiger partial charge in [-0.15, -0.1) is 11.3 Å². The Balaban J connectivity index is 1.51. The summed E-state index contributed by atoms with van der Waals surface area (Å²) in [6, 6.07) is 1.81. The molecule has 0 atom stereocenters. The maximum Gasteiger partial charge on any atom is 0.272 e. The van der Waals surface area contributed by atoms with Crippen LogP contribution in [0.25, 0.3) is 11.3 Å². The predicted molar refractivity (Wildman–Crippen MR) is 105 cm³/mol. The van der Waals surface area contributed by atoms with Crippen molar-refractivity contribution in [3.8, 4) is 11.3 Å². The molecular formula is C19H24N6OS. The molecule has 1 aliphatic rings. The van der Waals surface area contributed by atoms with Crippen molar-refractivity contribution < 1.29 is 4.79 Å². The van der Waals surface area contributed by atoms with Crippen molar-refractivity contribution in [3.05, 3.63) is 38.7 Å². The molecule has 0 bridgehead atoms. The summed E-state index contributed by atoms with van der Waals surface area (Å²) in [4.78, 5) is 20.6. The first-order chi connectivity index (χ1) is 12.9. The maximum atomic E-state index is 12.8. The van der Waals surface area contributed by atoms with Crippen LogP contribution in [0.2, 0.25) is 0 Å². The van der Waals surface area contributed by atoms with Crippen molar-refractivity contribution in [2.45, 2.75) is 46.1 Å². The molecule has 8 heteroatoms. The lowest BCUT2D eigenvalue weighted by atomic mass is 10.0. The van der Waals surface area contributed by atoms with Crippen LogP contribution in [-0.2, 0) is 26.4 Å². The van der Waals surface area contributed by atoms with Crippen LogP contribution in [0.3, 0.4) is 0 Å². The Morgan fingerprint density at radius 1 is 1.33 bits per heavy atom. The molecule has 0 aromatic carbocycles. The number of nitrogens with one attached hydrogen (secondary N) is 1. The van der Waals surface area contributed by atoms with Gasteiger partial charge in [0, 0.05) is 30.2 Å². The number of H-pyrrole nitrogens is 1. The van der Waals surface area contributed by atoms with E-state index in [0.29, 0.717) is 12.2 Å². The Bertz CT molecular complexity index is 975. The van der Waals surface area contributed by atoms with E-state index in [-0.39, 0.29) is 5.91 Å². The summed E-state index contributed by atoms with van der Waals surface area (Å²) >= 11 is 1.74. The zero-order chi connectivity index (χ0) is 19.1. The first-order valence-corrected chi connectivity index (χ1v) is 10.0. The number of fused-ring (bicyclic) bond motifs is 1. The molecule has 1 N–H and O–H groups in total. The van der Waals surface area contributed by atoms with Crippen molar-refractivity contribution >= 4 is 17.2 Å². The van der Waals surface area contributed by atoms with Gasteiger partial charge in [0.25, 0.3) is 5.91 Å². The van der Waals surface area contributed by atoms with Gasteiger partial charge < -0.3 is 4.90 Å². The average molecular weight is 385 g/mol. The minimum Gasteiger partial charge on any atom is -0.334 e. The molecule has 1 amide bonds. The number of hydrogen-bond acceptors (Lipinski definition) is 5. The van der Waals surface area contributed by atoms with Gasteiger partial charge in [-0.3, -0.25) is 14.6 Å². The number of aryl methyl sites for hydroxylation is 4. The van der Waals surface area contributed by atoms with Crippen LogP contribution in [0.4, 0.5) is 0 Å². The lowest BCUT2D eigenvalue weighted by molar-refractivity contribution is 0.0779. The van der Waals surface area contributed by atoms with E-state index in [1.165, 1.54) is 23.4 Å². The molecule has 0 unspecified atom stereocenters. The molecule has 4 rings (SSSR count). The number of rotatable bonds is 4. The van der Waals surface area contributed by atoms with Gasteiger partial charge in [0.1, 0.15) is 10.7 Å². The molecule has 0 aliphatic heterocycles. The number of nitrogens with zero attached hydrogens (tertiary/aromatic N) is 5. The quantitative estimate of drug-likeness (QED) is 0.750. The molecule has 0 fully saturated rings. The van der Waals surface area contributed by atoms with Gasteiger partial charge in [-0.05, 0) is 45.6 Å². The Morgan fingerprint density at radius 2 is 2.11 bits per heavy atom. The van der Waals surface area contributed by atoms with Gasteiger partial charge in [0.15, 0.2) is 0 Å². The second-order valence-corrected chi connectivity index (χ2v) is 8.35. The summed E-state index contributed by atoms with van der Waals surface area (Å²) in [6.45, 7) is 4.48. The highest BCUT2D eigenvalue weighted by molar-refractivity contribution is 7.11. The first-order valence-electron chi connectivity index (χ1n) is 9.23. The van der Waals surface area contributed by atoms with Crippen LogP contribution < -0.4 is 0 Å². The van der Waals surface area contributed by atoms with E-state index < -0.39 is 0 Å². The van der Waals surface area contributed by atoms with Crippen molar-refractivity contribution in [2.24, 2.45) is 7.05 Å². The van der Waals surface area contributed by atoms with Crippen molar-refractivity contribution in [2.75, 3.05) is 7.05 Å². The maximum absolute atomic E-state index is 12.8. The number of thiazole rings is 1. The molecule has 0 saturated carbocycles. The molecule has 27 heavy (non-hydrogen) atoms. The van der Waals surface area contributed by atoms with Crippen LogP contribution >= 0.6 is 11.3 Å². The lowest BCUT2D eigenvalue weighted by Gasteiger charge is -2.14. The molecule has 3 aromatic heterocycles. The normalized spacial score (nSPS) is 13.6. The highest BCUT2D eigenvalue weighted by Crippen LogP contribution is 2.28. The van der Waals surface area contributed by atoms with Crippen molar-refractivity contribution in [1.29, 1.82) is 0 Å². The third kappa shape index (κ3) is 3.29. The number of aromatic nitrogens is 5. The predicted octanol–water partition coefficient (Wildman–Crippen LogP) is 3.03. The number of hydrogen-bond donors (Lipinski definition) is 1. The van der Waals surface area contributed by atoms with E-state index in [0.717, 1.165) is 40.5 Å². The van der Waals surface area contributed by atoms with Gasteiger partial charge in [0.2, 0.25) is 0 Å².